The van der Waals surface area contributed by atoms with Crippen LogP contribution in [-0.4, -0.2) is 73.5 Å². The summed E-state index contributed by atoms with van der Waals surface area (Å²) in [4.78, 5) is 31.4. The zero-order valence-electron chi connectivity index (χ0n) is 26.0. The highest BCUT2D eigenvalue weighted by Gasteiger charge is 2.48. The molecule has 12 heteroatoms. The third-order valence-corrected chi connectivity index (χ3v) is 9.74. The molecule has 0 spiro atoms. The number of aromatic nitrogens is 5. The Morgan fingerprint density at radius 2 is 1.84 bits per heavy atom. The lowest BCUT2D eigenvalue weighted by atomic mass is 9.88. The maximum absolute atomic E-state index is 15.6. The Hall–Kier alpha value is -3.25. The van der Waals surface area contributed by atoms with Gasteiger partial charge in [0.25, 0.3) is 5.91 Å². The second-order valence-corrected chi connectivity index (χ2v) is 17.2. The van der Waals surface area contributed by atoms with Crippen LogP contribution in [-0.2, 0) is 22.8 Å². The molecule has 2 amide bonds. The van der Waals surface area contributed by atoms with Crippen LogP contribution in [0.15, 0.2) is 24.5 Å². The minimum Gasteiger partial charge on any atom is -0.358 e. The Morgan fingerprint density at radius 3 is 2.44 bits per heavy atom. The van der Waals surface area contributed by atoms with Crippen molar-refractivity contribution in [2.75, 3.05) is 36.4 Å². The van der Waals surface area contributed by atoms with E-state index < -0.39 is 21.9 Å². The van der Waals surface area contributed by atoms with Gasteiger partial charge in [-0.2, -0.15) is 10.2 Å². The number of ether oxygens (including phenoxy) is 1. The molecule has 3 heterocycles. The molecule has 2 aliphatic carbocycles. The van der Waals surface area contributed by atoms with Crippen LogP contribution < -0.4 is 10.6 Å². The second kappa shape index (κ2) is 12.8. The van der Waals surface area contributed by atoms with Crippen molar-refractivity contribution in [2.45, 2.75) is 65.8 Å². The van der Waals surface area contributed by atoms with Gasteiger partial charge >= 0.3 is 0 Å². The highest BCUT2D eigenvalue weighted by Crippen LogP contribution is 2.51. The molecule has 3 aromatic heterocycles. The van der Waals surface area contributed by atoms with Gasteiger partial charge in [-0.3, -0.25) is 14.3 Å². The summed E-state index contributed by atoms with van der Waals surface area (Å²) in [5.74, 6) is 0.698. The quantitative estimate of drug-likeness (QED) is 0.254. The van der Waals surface area contributed by atoms with Gasteiger partial charge in [-0.1, -0.05) is 0 Å². The van der Waals surface area contributed by atoms with Crippen molar-refractivity contribution in [1.29, 1.82) is 0 Å². The van der Waals surface area contributed by atoms with Crippen molar-refractivity contribution in [3.63, 3.8) is 0 Å². The molecular formula is C31H44FN7O3S. The SMILES string of the molecule is CCn1nccc1C(=O)NC(C(=O)Nc1cc(F)c(-c2c(C)nn(COCCS(C)(C)C)c2C)cn1)C(C1CC1)C1CC1. The number of halogens is 1. The summed E-state index contributed by atoms with van der Waals surface area (Å²) in [5, 5.41) is 14.6. The largest absolute Gasteiger partial charge is 0.358 e. The highest BCUT2D eigenvalue weighted by atomic mass is 32.3. The van der Waals surface area contributed by atoms with Crippen molar-refractivity contribution in [3.05, 3.63) is 47.4 Å². The molecular weight excluding hydrogens is 569 g/mol. The summed E-state index contributed by atoms with van der Waals surface area (Å²) in [7, 11) is -0.652. The minimum atomic E-state index is -0.750. The maximum atomic E-state index is 15.6. The van der Waals surface area contributed by atoms with E-state index in [9.17, 15) is 9.59 Å². The van der Waals surface area contributed by atoms with Crippen LogP contribution in [0.3, 0.4) is 0 Å². The fraction of sp³-hybridized carbons (Fsp3) is 0.581. The first kappa shape index (κ1) is 31.2. The zero-order chi connectivity index (χ0) is 30.9. The predicted octanol–water partition coefficient (Wildman–Crippen LogP) is 4.76. The minimum absolute atomic E-state index is 0.0363. The summed E-state index contributed by atoms with van der Waals surface area (Å²) in [6, 6.07) is 2.14. The Bertz CT molecular complexity index is 1460. The molecule has 0 saturated heterocycles. The van der Waals surface area contributed by atoms with Crippen LogP contribution >= 0.6 is 10.0 Å². The van der Waals surface area contributed by atoms with Crippen LogP contribution in [0.1, 0.15) is 54.5 Å². The standard InChI is InChI=1S/C31H44FN7O3S/c1-7-38-25(12-13-34-38)30(40)36-29(28(21-8-9-21)22-10-11-22)31(41)35-26-16-24(32)23(17-33-26)27-19(2)37-39(20(27)3)18-42-14-15-43(4,5)6/h12-13,16-17,21-22,28-29H,7-11,14-15,18H2,1-6H3,(H,36,40)(H,33,35,41). The van der Waals surface area contributed by atoms with Gasteiger partial charge in [-0.05, 0) is 89.0 Å². The van der Waals surface area contributed by atoms with E-state index >= 15 is 4.39 Å². The van der Waals surface area contributed by atoms with Crippen molar-refractivity contribution in [1.82, 2.24) is 29.9 Å². The first-order valence-corrected chi connectivity index (χ1v) is 18.1. The molecule has 0 aliphatic heterocycles. The number of nitrogens with one attached hydrogen (secondary N) is 2. The van der Waals surface area contributed by atoms with E-state index in [1.165, 1.54) is 12.3 Å². The number of anilines is 1. The van der Waals surface area contributed by atoms with Crippen molar-refractivity contribution >= 4 is 27.7 Å². The molecule has 0 aromatic carbocycles. The van der Waals surface area contributed by atoms with Gasteiger partial charge in [0.2, 0.25) is 5.91 Å². The van der Waals surface area contributed by atoms with Gasteiger partial charge in [0, 0.05) is 47.6 Å². The van der Waals surface area contributed by atoms with Crippen LogP contribution in [0.25, 0.3) is 11.1 Å². The molecule has 43 heavy (non-hydrogen) atoms. The number of carbonyl (C=O) groups excluding carboxylic acids is 2. The molecule has 2 fully saturated rings. The molecule has 5 rings (SSSR count). The number of rotatable bonds is 14. The Labute approximate surface area is 254 Å². The van der Waals surface area contributed by atoms with Crippen LogP contribution in [0.2, 0.25) is 0 Å². The lowest BCUT2D eigenvalue weighted by molar-refractivity contribution is -0.119. The van der Waals surface area contributed by atoms with E-state index in [4.69, 9.17) is 4.74 Å². The summed E-state index contributed by atoms with van der Waals surface area (Å²) in [5.41, 5.74) is 2.83. The number of pyridine rings is 1. The number of hydrogen-bond acceptors (Lipinski definition) is 6. The smallest absolute Gasteiger partial charge is 0.270 e. The zero-order valence-corrected chi connectivity index (χ0v) is 26.8. The predicted molar refractivity (Wildman–Crippen MR) is 168 cm³/mol. The average molecular weight is 614 g/mol. The third-order valence-electron chi connectivity index (χ3n) is 8.34. The summed E-state index contributed by atoms with van der Waals surface area (Å²) in [6.07, 6.45) is 13.9. The van der Waals surface area contributed by atoms with Crippen molar-refractivity contribution < 1.29 is 18.7 Å². The fourth-order valence-corrected chi connectivity index (χ4v) is 6.40. The molecule has 2 saturated carbocycles. The van der Waals surface area contributed by atoms with Gasteiger partial charge in [0.1, 0.15) is 30.1 Å². The molecule has 0 radical (unpaired) electrons. The summed E-state index contributed by atoms with van der Waals surface area (Å²) in [6.45, 7) is 7.10. The molecule has 10 nitrogen and oxygen atoms in total. The molecule has 234 valence electrons. The van der Waals surface area contributed by atoms with E-state index in [-0.39, 0.29) is 23.6 Å². The molecule has 3 aromatic rings. The summed E-state index contributed by atoms with van der Waals surface area (Å²) < 4.78 is 24.8. The topological polar surface area (TPSA) is 116 Å². The third kappa shape index (κ3) is 7.46. The van der Waals surface area contributed by atoms with Crippen LogP contribution in [0, 0.1) is 37.4 Å². The Kier molecular flexibility index (Phi) is 9.26. The van der Waals surface area contributed by atoms with E-state index in [0.29, 0.717) is 54.2 Å². The number of hydrogen-bond donors (Lipinski definition) is 2. The highest BCUT2D eigenvalue weighted by molar-refractivity contribution is 8.32. The monoisotopic (exact) mass is 613 g/mol. The normalized spacial score (nSPS) is 16.4. The Morgan fingerprint density at radius 1 is 1.14 bits per heavy atom. The van der Waals surface area contributed by atoms with Gasteiger partial charge in [-0.25, -0.2) is 24.1 Å². The number of nitrogens with zero attached hydrogens (tertiary/aromatic N) is 5. The second-order valence-electron chi connectivity index (χ2n) is 12.7. The van der Waals surface area contributed by atoms with Gasteiger partial charge in [0.15, 0.2) is 0 Å². The molecule has 2 aliphatic rings. The van der Waals surface area contributed by atoms with E-state index in [0.717, 1.165) is 37.1 Å². The number of aryl methyl sites for hydroxylation is 2. The van der Waals surface area contributed by atoms with E-state index in [1.807, 2.05) is 20.8 Å². The number of carbonyl (C=O) groups is 2. The lowest BCUT2D eigenvalue weighted by Gasteiger charge is -2.27. The van der Waals surface area contributed by atoms with Crippen molar-refractivity contribution in [3.8, 4) is 11.1 Å². The molecule has 1 atom stereocenters. The lowest BCUT2D eigenvalue weighted by Crippen LogP contribution is -2.50. The molecule has 1 unspecified atom stereocenters. The van der Waals surface area contributed by atoms with Crippen molar-refractivity contribution in [2.24, 2.45) is 17.8 Å². The van der Waals surface area contributed by atoms with E-state index in [2.05, 4.69) is 44.6 Å². The van der Waals surface area contributed by atoms with E-state index in [1.54, 1.807) is 21.6 Å². The number of amides is 2. The van der Waals surface area contributed by atoms with Crippen LogP contribution in [0.4, 0.5) is 10.2 Å². The molecule has 2 N–H and O–H groups in total. The average Bonchev–Trinajstić information content (AvgIpc) is 3.88. The molecule has 0 bridgehead atoms. The van der Waals surface area contributed by atoms with Gasteiger partial charge < -0.3 is 15.4 Å². The fourth-order valence-electron chi connectivity index (χ4n) is 5.78. The maximum Gasteiger partial charge on any atom is 0.270 e. The van der Waals surface area contributed by atoms with Crippen LogP contribution in [0.5, 0.6) is 0 Å². The first-order chi connectivity index (χ1) is 20.5. The van der Waals surface area contributed by atoms with Gasteiger partial charge in [-0.15, -0.1) is 0 Å². The first-order valence-electron chi connectivity index (χ1n) is 15.0. The summed E-state index contributed by atoms with van der Waals surface area (Å²) >= 11 is 0. The van der Waals surface area contributed by atoms with Gasteiger partial charge in [0.05, 0.1) is 12.3 Å². The Balaban J connectivity index is 1.31.